The van der Waals surface area contributed by atoms with Crippen LogP contribution in [-0.4, -0.2) is 26.2 Å². The molecule has 0 fully saturated rings. The lowest BCUT2D eigenvalue weighted by Crippen LogP contribution is -1.99. The second-order valence-electron chi connectivity index (χ2n) is 7.60. The van der Waals surface area contributed by atoms with E-state index in [1.807, 2.05) is 42.5 Å². The van der Waals surface area contributed by atoms with Crippen LogP contribution in [0.2, 0.25) is 0 Å². The van der Waals surface area contributed by atoms with Crippen molar-refractivity contribution in [3.63, 3.8) is 0 Å². The number of aryl methyl sites for hydroxylation is 2. The second kappa shape index (κ2) is 9.48. The first kappa shape index (κ1) is 22.0. The van der Waals surface area contributed by atoms with Gasteiger partial charge in [-0.3, -0.25) is 4.68 Å². The Labute approximate surface area is 191 Å². The van der Waals surface area contributed by atoms with E-state index in [-0.39, 0.29) is 18.1 Å². The van der Waals surface area contributed by atoms with E-state index in [9.17, 15) is 4.39 Å². The molecule has 4 aromatic rings. The molecule has 6 nitrogen and oxygen atoms in total. The van der Waals surface area contributed by atoms with E-state index in [1.54, 1.807) is 13.2 Å². The minimum atomic E-state index is -0.685. The summed E-state index contributed by atoms with van der Waals surface area (Å²) in [4.78, 5) is 4.82. The van der Waals surface area contributed by atoms with Gasteiger partial charge in [-0.25, -0.2) is 9.37 Å². The fourth-order valence-corrected chi connectivity index (χ4v) is 3.62. The third-order valence-corrected chi connectivity index (χ3v) is 5.20. The number of oxime groups is 1. The average molecular weight is 442 g/mol. The van der Waals surface area contributed by atoms with Crippen molar-refractivity contribution in [3.8, 4) is 17.1 Å². The summed E-state index contributed by atoms with van der Waals surface area (Å²) in [5.41, 5.74) is 5.49. The molecule has 166 valence electrons. The van der Waals surface area contributed by atoms with Gasteiger partial charge in [0.25, 0.3) is 0 Å². The lowest BCUT2D eigenvalue weighted by atomic mass is 10.0. The van der Waals surface area contributed by atoms with Crippen LogP contribution in [0.1, 0.15) is 16.7 Å². The Morgan fingerprint density at radius 1 is 1.21 bits per heavy atom. The van der Waals surface area contributed by atoms with Gasteiger partial charge >= 0.3 is 0 Å². The number of benzene rings is 2. The van der Waals surface area contributed by atoms with Crippen LogP contribution in [0.5, 0.6) is 5.88 Å². The van der Waals surface area contributed by atoms with E-state index in [1.165, 1.54) is 10.8 Å². The molecule has 4 rings (SSSR count). The minimum Gasteiger partial charge on any atom is -0.471 e. The van der Waals surface area contributed by atoms with Crippen molar-refractivity contribution in [2.45, 2.75) is 13.5 Å². The number of nitrogens with zero attached hydrogens (tertiary/aromatic N) is 4. The summed E-state index contributed by atoms with van der Waals surface area (Å²) in [6, 6.07) is 18.2. The monoisotopic (exact) mass is 442 g/mol. The van der Waals surface area contributed by atoms with Crippen LogP contribution in [0.4, 0.5) is 4.39 Å². The number of halogens is 1. The highest BCUT2D eigenvalue weighted by Crippen LogP contribution is 2.30. The Kier molecular flexibility index (Phi) is 6.31. The van der Waals surface area contributed by atoms with Gasteiger partial charge in [0, 0.05) is 29.8 Å². The standard InChI is InChI=1S/C26H23FN4O2/c1-17-14-21-6-4-5-7-24(21)29-25(17)20-10-8-19(9-11-20)16-33-26-23(15-31(3)30-26)22(18(2)27)12-13-28-32/h4-15,32H,2,16H2,1,3H3/b22-12+,28-13+. The van der Waals surface area contributed by atoms with Crippen LogP contribution in [0.15, 0.2) is 84.4 Å². The molecule has 2 aromatic heterocycles. The molecule has 0 atom stereocenters. The molecule has 33 heavy (non-hydrogen) atoms. The minimum absolute atomic E-state index is 0.129. The maximum atomic E-state index is 14.0. The largest absolute Gasteiger partial charge is 0.471 e. The molecule has 2 aromatic carbocycles. The SMILES string of the molecule is C=C(F)/C(=C\C=N\O)c1cn(C)nc1OCc1ccc(-c2nc3ccccc3cc2C)cc1. The lowest BCUT2D eigenvalue weighted by Gasteiger charge is -2.10. The van der Waals surface area contributed by atoms with Crippen LogP contribution < -0.4 is 4.74 Å². The van der Waals surface area contributed by atoms with E-state index < -0.39 is 5.83 Å². The fourth-order valence-electron chi connectivity index (χ4n) is 3.62. The lowest BCUT2D eigenvalue weighted by molar-refractivity contribution is 0.290. The third-order valence-electron chi connectivity index (χ3n) is 5.20. The van der Waals surface area contributed by atoms with Crippen molar-refractivity contribution < 1.29 is 14.3 Å². The molecule has 0 aliphatic carbocycles. The second-order valence-corrected chi connectivity index (χ2v) is 7.60. The van der Waals surface area contributed by atoms with Crippen molar-refractivity contribution in [2.24, 2.45) is 12.2 Å². The molecule has 0 unspecified atom stereocenters. The quantitative estimate of drug-likeness (QED) is 0.169. The maximum Gasteiger partial charge on any atom is 0.241 e. The van der Waals surface area contributed by atoms with Crippen LogP contribution in [-0.2, 0) is 13.7 Å². The first-order valence-electron chi connectivity index (χ1n) is 10.3. The number of hydrogen-bond acceptors (Lipinski definition) is 5. The number of hydrogen-bond donors (Lipinski definition) is 1. The van der Waals surface area contributed by atoms with E-state index in [4.69, 9.17) is 14.9 Å². The zero-order chi connectivity index (χ0) is 23.4. The number of rotatable bonds is 7. The number of para-hydroxylation sites is 1. The summed E-state index contributed by atoms with van der Waals surface area (Å²) in [5, 5.41) is 16.9. The van der Waals surface area contributed by atoms with Gasteiger partial charge in [-0.15, -0.1) is 5.10 Å². The van der Waals surface area contributed by atoms with E-state index >= 15 is 0 Å². The van der Waals surface area contributed by atoms with E-state index in [0.717, 1.165) is 39.5 Å². The molecule has 1 N–H and O–H groups in total. The molecular weight excluding hydrogens is 419 g/mol. The number of aromatic nitrogens is 3. The van der Waals surface area contributed by atoms with Gasteiger partial charge in [-0.05, 0) is 36.3 Å². The predicted octanol–water partition coefficient (Wildman–Crippen LogP) is 5.85. The Balaban J connectivity index is 1.55. The molecule has 0 radical (unpaired) electrons. The van der Waals surface area contributed by atoms with Crippen LogP contribution in [0.25, 0.3) is 27.7 Å². The first-order valence-corrected chi connectivity index (χ1v) is 10.3. The van der Waals surface area contributed by atoms with Crippen molar-refractivity contribution >= 4 is 22.7 Å². The summed E-state index contributed by atoms with van der Waals surface area (Å²) >= 11 is 0. The normalized spacial score (nSPS) is 11.9. The number of ether oxygens (including phenoxy) is 1. The highest BCUT2D eigenvalue weighted by Gasteiger charge is 2.16. The highest BCUT2D eigenvalue weighted by atomic mass is 19.1. The van der Waals surface area contributed by atoms with Crippen LogP contribution in [0, 0.1) is 6.92 Å². The molecule has 0 saturated heterocycles. The van der Waals surface area contributed by atoms with E-state index in [2.05, 4.69) is 35.9 Å². The highest BCUT2D eigenvalue weighted by molar-refractivity contribution is 5.90. The molecule has 0 spiro atoms. The number of allylic oxidation sites excluding steroid dienone is 3. The topological polar surface area (TPSA) is 72.5 Å². The Hall–Kier alpha value is -4.26. The summed E-state index contributed by atoms with van der Waals surface area (Å²) in [7, 11) is 1.71. The molecule has 7 heteroatoms. The molecule has 0 aliphatic heterocycles. The number of pyridine rings is 1. The van der Waals surface area contributed by atoms with Crippen molar-refractivity contribution in [3.05, 3.63) is 96.0 Å². The Bertz CT molecular complexity index is 1370. The van der Waals surface area contributed by atoms with Gasteiger partial charge in [0.05, 0.1) is 23.0 Å². The van der Waals surface area contributed by atoms with Crippen LogP contribution >= 0.6 is 0 Å². The predicted molar refractivity (Wildman–Crippen MR) is 128 cm³/mol. The molecule has 0 saturated carbocycles. The zero-order valence-electron chi connectivity index (χ0n) is 18.4. The third kappa shape index (κ3) is 4.82. The zero-order valence-corrected chi connectivity index (χ0v) is 18.4. The van der Waals surface area contributed by atoms with Crippen LogP contribution in [0.3, 0.4) is 0 Å². The molecular formula is C26H23FN4O2. The van der Waals surface area contributed by atoms with Gasteiger partial charge in [0.2, 0.25) is 5.88 Å². The summed E-state index contributed by atoms with van der Waals surface area (Å²) in [5.74, 6) is -0.430. The Morgan fingerprint density at radius 3 is 2.70 bits per heavy atom. The van der Waals surface area contributed by atoms with Gasteiger partial charge in [0.1, 0.15) is 12.4 Å². The molecule has 0 amide bonds. The molecule has 0 bridgehead atoms. The average Bonchev–Trinajstić information content (AvgIpc) is 3.17. The smallest absolute Gasteiger partial charge is 0.241 e. The molecule has 2 heterocycles. The summed E-state index contributed by atoms with van der Waals surface area (Å²) < 4.78 is 21.4. The fraction of sp³-hybridized carbons (Fsp3) is 0.115. The van der Waals surface area contributed by atoms with Crippen molar-refractivity contribution in [1.29, 1.82) is 0 Å². The summed E-state index contributed by atoms with van der Waals surface area (Å²) in [6.07, 6.45) is 3.99. The van der Waals surface area contributed by atoms with E-state index in [0.29, 0.717) is 5.56 Å². The van der Waals surface area contributed by atoms with Gasteiger partial charge in [0.15, 0.2) is 0 Å². The molecule has 0 aliphatic rings. The van der Waals surface area contributed by atoms with Gasteiger partial charge < -0.3 is 9.94 Å². The summed E-state index contributed by atoms with van der Waals surface area (Å²) in [6.45, 7) is 5.64. The van der Waals surface area contributed by atoms with Crippen molar-refractivity contribution in [1.82, 2.24) is 14.8 Å². The number of fused-ring (bicyclic) bond motifs is 1. The van der Waals surface area contributed by atoms with Gasteiger partial charge in [-0.2, -0.15) is 0 Å². The van der Waals surface area contributed by atoms with Crippen molar-refractivity contribution in [2.75, 3.05) is 0 Å². The maximum absolute atomic E-state index is 14.0. The first-order chi connectivity index (χ1) is 16.0. The Morgan fingerprint density at radius 2 is 1.97 bits per heavy atom. The van der Waals surface area contributed by atoms with Gasteiger partial charge in [-0.1, -0.05) is 54.2 Å².